The molecule has 0 heterocycles. The van der Waals surface area contributed by atoms with Gasteiger partial charge in [-0.25, -0.2) is 0 Å². The van der Waals surface area contributed by atoms with Crippen molar-refractivity contribution in [3.63, 3.8) is 0 Å². The zero-order valence-corrected chi connectivity index (χ0v) is 13.5. The summed E-state index contributed by atoms with van der Waals surface area (Å²) in [7, 11) is 0. The molecule has 20 heavy (non-hydrogen) atoms. The summed E-state index contributed by atoms with van der Waals surface area (Å²) < 4.78 is 0. The van der Waals surface area contributed by atoms with Crippen molar-refractivity contribution in [2.75, 3.05) is 0 Å². The topological polar surface area (TPSA) is 0 Å². The molecule has 0 aromatic heterocycles. The van der Waals surface area contributed by atoms with Crippen LogP contribution in [0.1, 0.15) is 47.4 Å². The van der Waals surface area contributed by atoms with E-state index in [0.717, 1.165) is 28.1 Å². The molecule has 0 bridgehead atoms. The van der Waals surface area contributed by atoms with Gasteiger partial charge in [-0.1, -0.05) is 61.3 Å². The largest absolute Gasteiger partial charge is 0.113 e. The molecule has 0 radical (unpaired) electrons. The first-order chi connectivity index (χ1) is 9.61. The first-order valence-electron chi connectivity index (χ1n) is 7.10. The lowest BCUT2D eigenvalue weighted by Crippen LogP contribution is -1.95. The Morgan fingerprint density at radius 1 is 1.00 bits per heavy atom. The minimum Gasteiger partial charge on any atom is -0.113 e. The van der Waals surface area contributed by atoms with Crippen LogP contribution in [0, 0.1) is 6.92 Å². The SMILES string of the molecule is CCCCc1ccc(C(Cl)c2ccc(Cl)c(C)c2)cc1. The number of aryl methyl sites for hydroxylation is 2. The molecule has 106 valence electrons. The van der Waals surface area contributed by atoms with Gasteiger partial charge in [0.1, 0.15) is 0 Å². The highest BCUT2D eigenvalue weighted by atomic mass is 35.5. The Kier molecular flexibility index (Phi) is 5.51. The number of rotatable bonds is 5. The zero-order chi connectivity index (χ0) is 14.5. The van der Waals surface area contributed by atoms with Crippen LogP contribution >= 0.6 is 23.2 Å². The van der Waals surface area contributed by atoms with Gasteiger partial charge in [0.2, 0.25) is 0 Å². The van der Waals surface area contributed by atoms with Gasteiger partial charge in [-0.05, 0) is 48.1 Å². The standard InChI is InChI=1S/C18H20Cl2/c1-3-4-5-14-6-8-15(9-7-14)18(20)16-10-11-17(19)13(2)12-16/h6-12,18H,3-5H2,1-2H3. The summed E-state index contributed by atoms with van der Waals surface area (Å²) in [6.45, 7) is 4.22. The van der Waals surface area contributed by atoms with Crippen molar-refractivity contribution in [1.82, 2.24) is 0 Å². The van der Waals surface area contributed by atoms with Crippen molar-refractivity contribution in [3.8, 4) is 0 Å². The van der Waals surface area contributed by atoms with Gasteiger partial charge in [-0.3, -0.25) is 0 Å². The molecule has 2 aromatic rings. The number of hydrogen-bond donors (Lipinski definition) is 0. The Bertz CT molecular complexity index is 558. The van der Waals surface area contributed by atoms with E-state index in [9.17, 15) is 0 Å². The van der Waals surface area contributed by atoms with Crippen molar-refractivity contribution in [3.05, 3.63) is 69.7 Å². The molecule has 1 atom stereocenters. The highest BCUT2D eigenvalue weighted by molar-refractivity contribution is 6.31. The predicted octanol–water partition coefficient (Wildman–Crippen LogP) is 6.32. The maximum absolute atomic E-state index is 6.57. The van der Waals surface area contributed by atoms with Gasteiger partial charge in [0.25, 0.3) is 0 Å². The van der Waals surface area contributed by atoms with E-state index in [2.05, 4.69) is 37.3 Å². The van der Waals surface area contributed by atoms with Crippen LogP contribution in [-0.4, -0.2) is 0 Å². The third-order valence-corrected chi connectivity index (χ3v) is 4.49. The smallest absolute Gasteiger partial charge is 0.0835 e. The van der Waals surface area contributed by atoms with E-state index >= 15 is 0 Å². The second-order valence-electron chi connectivity index (χ2n) is 5.22. The molecule has 0 nitrogen and oxygen atoms in total. The summed E-state index contributed by atoms with van der Waals surface area (Å²) in [5.41, 5.74) is 4.67. The summed E-state index contributed by atoms with van der Waals surface area (Å²) in [5.74, 6) is 0. The second-order valence-corrected chi connectivity index (χ2v) is 6.06. The number of unbranched alkanes of at least 4 members (excludes halogenated alkanes) is 1. The van der Waals surface area contributed by atoms with Gasteiger partial charge >= 0.3 is 0 Å². The average molecular weight is 307 g/mol. The van der Waals surface area contributed by atoms with Gasteiger partial charge in [0.15, 0.2) is 0 Å². The normalized spacial score (nSPS) is 12.4. The molecule has 2 aromatic carbocycles. The van der Waals surface area contributed by atoms with E-state index in [1.165, 1.54) is 18.4 Å². The van der Waals surface area contributed by atoms with E-state index in [-0.39, 0.29) is 5.38 Å². The van der Waals surface area contributed by atoms with Crippen LogP contribution in [0.5, 0.6) is 0 Å². The van der Waals surface area contributed by atoms with Crippen molar-refractivity contribution in [2.45, 2.75) is 38.5 Å². The fourth-order valence-electron chi connectivity index (χ4n) is 2.25. The molecule has 0 aliphatic rings. The van der Waals surface area contributed by atoms with Gasteiger partial charge in [0, 0.05) is 5.02 Å². The summed E-state index contributed by atoms with van der Waals surface area (Å²) in [6, 6.07) is 14.6. The first-order valence-corrected chi connectivity index (χ1v) is 7.92. The van der Waals surface area contributed by atoms with Crippen LogP contribution in [-0.2, 0) is 6.42 Å². The molecule has 1 unspecified atom stereocenters. The van der Waals surface area contributed by atoms with Crippen molar-refractivity contribution < 1.29 is 0 Å². The molecule has 0 saturated heterocycles. The van der Waals surface area contributed by atoms with Crippen molar-refractivity contribution >= 4 is 23.2 Å². The Labute approximate surface area is 131 Å². The van der Waals surface area contributed by atoms with Gasteiger partial charge in [-0.15, -0.1) is 11.6 Å². The van der Waals surface area contributed by atoms with Gasteiger partial charge < -0.3 is 0 Å². The summed E-state index contributed by atoms with van der Waals surface area (Å²) in [6.07, 6.45) is 3.60. The molecule has 0 spiro atoms. The Morgan fingerprint density at radius 2 is 1.65 bits per heavy atom. The number of benzene rings is 2. The van der Waals surface area contributed by atoms with Crippen LogP contribution in [0.2, 0.25) is 5.02 Å². The zero-order valence-electron chi connectivity index (χ0n) is 12.0. The first kappa shape index (κ1) is 15.4. The quantitative estimate of drug-likeness (QED) is 0.567. The van der Waals surface area contributed by atoms with Crippen LogP contribution in [0.25, 0.3) is 0 Å². The van der Waals surface area contributed by atoms with Crippen LogP contribution in [0.3, 0.4) is 0 Å². The molecule has 2 rings (SSSR count). The fraction of sp³-hybridized carbons (Fsp3) is 0.333. The molecular weight excluding hydrogens is 287 g/mol. The minimum absolute atomic E-state index is 0.119. The number of halogens is 2. The molecule has 0 saturated carbocycles. The number of alkyl halides is 1. The third-order valence-electron chi connectivity index (χ3n) is 3.57. The maximum atomic E-state index is 6.57. The summed E-state index contributed by atoms with van der Waals surface area (Å²) in [4.78, 5) is 0. The van der Waals surface area contributed by atoms with E-state index in [4.69, 9.17) is 23.2 Å². The maximum Gasteiger partial charge on any atom is 0.0835 e. The minimum atomic E-state index is -0.119. The highest BCUT2D eigenvalue weighted by Crippen LogP contribution is 2.31. The van der Waals surface area contributed by atoms with Crippen LogP contribution < -0.4 is 0 Å². The van der Waals surface area contributed by atoms with E-state index in [0.29, 0.717) is 0 Å². The van der Waals surface area contributed by atoms with Crippen LogP contribution in [0.15, 0.2) is 42.5 Å². The van der Waals surface area contributed by atoms with E-state index < -0.39 is 0 Å². The molecule has 0 aliphatic carbocycles. The molecule has 0 aliphatic heterocycles. The molecule has 2 heteroatoms. The average Bonchev–Trinajstić information content (AvgIpc) is 2.48. The lowest BCUT2D eigenvalue weighted by Gasteiger charge is -2.12. The van der Waals surface area contributed by atoms with Crippen LogP contribution in [0.4, 0.5) is 0 Å². The van der Waals surface area contributed by atoms with E-state index in [1.54, 1.807) is 0 Å². The van der Waals surface area contributed by atoms with Crippen molar-refractivity contribution in [2.24, 2.45) is 0 Å². The molecule has 0 amide bonds. The summed E-state index contributed by atoms with van der Waals surface area (Å²) in [5, 5.41) is 0.665. The van der Waals surface area contributed by atoms with E-state index in [1.807, 2.05) is 19.1 Å². The third kappa shape index (κ3) is 3.77. The predicted molar refractivity (Wildman–Crippen MR) is 88.9 cm³/mol. The Morgan fingerprint density at radius 3 is 2.25 bits per heavy atom. The molecule has 0 N–H and O–H groups in total. The summed E-state index contributed by atoms with van der Waals surface area (Å²) >= 11 is 12.6. The van der Waals surface area contributed by atoms with Gasteiger partial charge in [0.05, 0.1) is 5.38 Å². The molecular formula is C18H20Cl2. The number of hydrogen-bond acceptors (Lipinski definition) is 0. The molecule has 0 fully saturated rings. The fourth-order valence-corrected chi connectivity index (χ4v) is 2.65. The highest BCUT2D eigenvalue weighted by Gasteiger charge is 2.11. The van der Waals surface area contributed by atoms with Crippen molar-refractivity contribution in [1.29, 1.82) is 0 Å². The Hall–Kier alpha value is -0.980. The monoisotopic (exact) mass is 306 g/mol. The Balaban J connectivity index is 2.15. The second kappa shape index (κ2) is 7.15. The van der Waals surface area contributed by atoms with Gasteiger partial charge in [-0.2, -0.15) is 0 Å². The lowest BCUT2D eigenvalue weighted by atomic mass is 10.00. The lowest BCUT2D eigenvalue weighted by molar-refractivity contribution is 0.794.